The zero-order valence-electron chi connectivity index (χ0n) is 19.8. The van der Waals surface area contributed by atoms with Gasteiger partial charge < -0.3 is 20.4 Å². The van der Waals surface area contributed by atoms with Crippen molar-refractivity contribution < 1.29 is 4.74 Å². The normalized spacial score (nSPS) is 12.7. The molecule has 2 aromatic carbocycles. The van der Waals surface area contributed by atoms with Gasteiger partial charge in [0.15, 0.2) is 5.65 Å². The molecule has 7 heteroatoms. The predicted octanol–water partition coefficient (Wildman–Crippen LogP) is 4.69. The quantitative estimate of drug-likeness (QED) is 0.316. The number of hydrogen-bond acceptors (Lipinski definition) is 5. The molecule has 0 aliphatic heterocycles. The molecule has 3 heterocycles. The van der Waals surface area contributed by atoms with E-state index in [1.165, 1.54) is 11.1 Å². The fraction of sp³-hybridized carbons (Fsp3) is 0.259. The molecule has 174 valence electrons. The third-order valence-electron chi connectivity index (χ3n) is 6.30. The first-order valence-corrected chi connectivity index (χ1v) is 11.5. The van der Waals surface area contributed by atoms with E-state index < -0.39 is 0 Å². The Morgan fingerprint density at radius 2 is 1.82 bits per heavy atom. The maximum absolute atomic E-state index is 6.06. The number of ether oxygens (including phenoxy) is 1. The standard InChI is InChI=1S/C27H30N6O/c1-17-29-26-22(14-25(28)32-27(26)30-17)24-13-20-11-19(9-10-23(20)31-24)15-33(2)21(16-34-3)12-18-7-5-4-6-8-18/h4-11,13-14,21,31H,12,15-16H2,1-3H3,(H3,28,29,30,32)/t21-/m1/s1. The van der Waals surface area contributed by atoms with Crippen LogP contribution in [-0.4, -0.2) is 51.6 Å². The van der Waals surface area contributed by atoms with Crippen LogP contribution in [0.1, 0.15) is 17.0 Å². The van der Waals surface area contributed by atoms with Gasteiger partial charge in [-0.2, -0.15) is 0 Å². The van der Waals surface area contributed by atoms with Gasteiger partial charge in [-0.15, -0.1) is 0 Å². The number of fused-ring (bicyclic) bond motifs is 2. The van der Waals surface area contributed by atoms with E-state index in [-0.39, 0.29) is 0 Å². The number of aromatic nitrogens is 4. The number of anilines is 1. The lowest BCUT2D eigenvalue weighted by Gasteiger charge is -2.28. The number of pyridine rings is 1. The van der Waals surface area contributed by atoms with E-state index in [1.54, 1.807) is 7.11 Å². The summed E-state index contributed by atoms with van der Waals surface area (Å²) in [5, 5.41) is 1.16. The number of H-pyrrole nitrogens is 2. The summed E-state index contributed by atoms with van der Waals surface area (Å²) in [7, 11) is 3.93. The van der Waals surface area contributed by atoms with Crippen LogP contribution in [0.15, 0.2) is 60.7 Å². The fourth-order valence-electron chi connectivity index (χ4n) is 4.59. The number of nitrogens with one attached hydrogen (secondary N) is 2. The van der Waals surface area contributed by atoms with Crippen molar-refractivity contribution in [3.05, 3.63) is 77.6 Å². The van der Waals surface area contributed by atoms with Crippen LogP contribution in [0, 0.1) is 6.92 Å². The Labute approximate surface area is 199 Å². The summed E-state index contributed by atoms with van der Waals surface area (Å²) in [6.07, 6.45) is 0.949. The minimum Gasteiger partial charge on any atom is -0.384 e. The molecule has 1 atom stereocenters. The van der Waals surface area contributed by atoms with Crippen molar-refractivity contribution in [2.24, 2.45) is 0 Å². The van der Waals surface area contributed by atoms with Crippen LogP contribution in [0.5, 0.6) is 0 Å². The zero-order valence-corrected chi connectivity index (χ0v) is 19.8. The van der Waals surface area contributed by atoms with Gasteiger partial charge in [-0.1, -0.05) is 36.4 Å². The molecule has 0 aliphatic carbocycles. The van der Waals surface area contributed by atoms with Gasteiger partial charge in [-0.3, -0.25) is 4.90 Å². The van der Waals surface area contributed by atoms with Crippen molar-refractivity contribution in [3.8, 4) is 11.3 Å². The molecule has 0 saturated carbocycles. The minimum absolute atomic E-state index is 0.292. The summed E-state index contributed by atoms with van der Waals surface area (Å²) in [5.74, 6) is 1.28. The topological polar surface area (TPSA) is 95.9 Å². The van der Waals surface area contributed by atoms with Gasteiger partial charge in [0.1, 0.15) is 17.2 Å². The Balaban J connectivity index is 1.41. The lowest BCUT2D eigenvalue weighted by atomic mass is 10.0. The first kappa shape index (κ1) is 22.1. The zero-order chi connectivity index (χ0) is 23.7. The summed E-state index contributed by atoms with van der Waals surface area (Å²) in [5.41, 5.74) is 13.2. The van der Waals surface area contributed by atoms with Crippen molar-refractivity contribution in [2.45, 2.75) is 25.9 Å². The lowest BCUT2D eigenvalue weighted by Crippen LogP contribution is -2.36. The van der Waals surface area contributed by atoms with Gasteiger partial charge in [0.2, 0.25) is 0 Å². The molecular formula is C27H30N6O. The molecule has 0 unspecified atom stereocenters. The molecule has 7 nitrogen and oxygen atoms in total. The highest BCUT2D eigenvalue weighted by atomic mass is 16.5. The molecule has 0 bridgehead atoms. The number of nitrogens with zero attached hydrogens (tertiary/aromatic N) is 3. The fourth-order valence-corrected chi connectivity index (χ4v) is 4.59. The number of nitrogen functional groups attached to an aromatic ring is 1. The maximum atomic E-state index is 6.06. The summed E-state index contributed by atoms with van der Waals surface area (Å²) < 4.78 is 5.53. The van der Waals surface area contributed by atoms with Gasteiger partial charge >= 0.3 is 0 Å². The van der Waals surface area contributed by atoms with E-state index in [4.69, 9.17) is 10.5 Å². The smallest absolute Gasteiger partial charge is 0.160 e. The molecule has 0 amide bonds. The summed E-state index contributed by atoms with van der Waals surface area (Å²) >= 11 is 0. The number of aromatic amines is 2. The average Bonchev–Trinajstić information content (AvgIpc) is 3.41. The Morgan fingerprint density at radius 1 is 1.00 bits per heavy atom. The van der Waals surface area contributed by atoms with Crippen LogP contribution in [0.2, 0.25) is 0 Å². The van der Waals surface area contributed by atoms with E-state index in [1.807, 2.05) is 13.0 Å². The first-order valence-electron chi connectivity index (χ1n) is 11.5. The average molecular weight is 455 g/mol. The van der Waals surface area contributed by atoms with Crippen LogP contribution in [0.3, 0.4) is 0 Å². The van der Waals surface area contributed by atoms with Crippen LogP contribution >= 0.6 is 0 Å². The van der Waals surface area contributed by atoms with E-state index in [0.717, 1.165) is 46.5 Å². The number of hydrogen-bond donors (Lipinski definition) is 3. The molecule has 34 heavy (non-hydrogen) atoms. The molecule has 5 rings (SSSR count). The third kappa shape index (κ3) is 4.53. The third-order valence-corrected chi connectivity index (χ3v) is 6.30. The van der Waals surface area contributed by atoms with Crippen molar-refractivity contribution in [3.63, 3.8) is 0 Å². The number of methoxy groups -OCH3 is 1. The maximum Gasteiger partial charge on any atom is 0.160 e. The van der Waals surface area contributed by atoms with Crippen LogP contribution in [0.25, 0.3) is 33.3 Å². The number of aryl methyl sites for hydroxylation is 1. The van der Waals surface area contributed by atoms with Crippen molar-refractivity contribution >= 4 is 27.9 Å². The molecule has 4 N–H and O–H groups in total. The molecule has 0 saturated heterocycles. The second-order valence-corrected chi connectivity index (χ2v) is 8.93. The Bertz CT molecular complexity index is 1420. The number of nitrogens with two attached hydrogens (primary N) is 1. The molecule has 0 aliphatic rings. The van der Waals surface area contributed by atoms with Crippen LogP contribution in [-0.2, 0) is 17.7 Å². The highest BCUT2D eigenvalue weighted by molar-refractivity contribution is 5.95. The molecular weight excluding hydrogens is 424 g/mol. The number of likely N-dealkylation sites (N-methyl/N-ethyl adjacent to an activating group) is 1. The second-order valence-electron chi connectivity index (χ2n) is 8.93. The molecule has 0 spiro atoms. The largest absolute Gasteiger partial charge is 0.384 e. The number of imidazole rings is 1. The minimum atomic E-state index is 0.292. The molecule has 0 radical (unpaired) electrons. The summed E-state index contributed by atoms with van der Waals surface area (Å²) in [4.78, 5) is 18.1. The second kappa shape index (κ2) is 9.29. The van der Waals surface area contributed by atoms with Gasteiger partial charge in [-0.25, -0.2) is 9.97 Å². The summed E-state index contributed by atoms with van der Waals surface area (Å²) in [6.45, 7) is 3.44. The van der Waals surface area contributed by atoms with E-state index in [0.29, 0.717) is 24.1 Å². The Morgan fingerprint density at radius 3 is 2.62 bits per heavy atom. The SMILES string of the molecule is COC[C@@H](Cc1ccccc1)N(C)Cc1ccc2[nH]c(-c3cc(N)nc4[nH]c(C)nc34)cc2c1. The molecule has 3 aromatic heterocycles. The van der Waals surface area contributed by atoms with Crippen molar-refractivity contribution in [2.75, 3.05) is 26.5 Å². The van der Waals surface area contributed by atoms with E-state index in [9.17, 15) is 0 Å². The number of benzene rings is 2. The summed E-state index contributed by atoms with van der Waals surface area (Å²) in [6, 6.07) is 21.5. The first-order chi connectivity index (χ1) is 16.5. The predicted molar refractivity (Wildman–Crippen MR) is 138 cm³/mol. The number of rotatable bonds is 8. The highest BCUT2D eigenvalue weighted by Gasteiger charge is 2.17. The molecule has 5 aromatic rings. The Kier molecular flexibility index (Phi) is 6.04. The van der Waals surface area contributed by atoms with E-state index >= 15 is 0 Å². The van der Waals surface area contributed by atoms with Crippen LogP contribution in [0.4, 0.5) is 5.82 Å². The van der Waals surface area contributed by atoms with Crippen molar-refractivity contribution in [1.29, 1.82) is 0 Å². The lowest BCUT2D eigenvalue weighted by molar-refractivity contribution is 0.102. The van der Waals surface area contributed by atoms with Crippen LogP contribution < -0.4 is 5.73 Å². The molecule has 0 fully saturated rings. The van der Waals surface area contributed by atoms with E-state index in [2.05, 4.69) is 86.5 Å². The van der Waals surface area contributed by atoms with Gasteiger partial charge in [-0.05, 0) is 55.8 Å². The monoisotopic (exact) mass is 454 g/mol. The van der Waals surface area contributed by atoms with Gasteiger partial charge in [0.25, 0.3) is 0 Å². The van der Waals surface area contributed by atoms with Crippen molar-refractivity contribution in [1.82, 2.24) is 24.8 Å². The van der Waals surface area contributed by atoms with Gasteiger partial charge in [0.05, 0.1) is 6.61 Å². The van der Waals surface area contributed by atoms with Gasteiger partial charge in [0, 0.05) is 41.9 Å². The Hall–Kier alpha value is -3.68. The highest BCUT2D eigenvalue weighted by Crippen LogP contribution is 2.31.